The zero-order valence-corrected chi connectivity index (χ0v) is 16.7. The highest BCUT2D eigenvalue weighted by molar-refractivity contribution is 6.13. The quantitative estimate of drug-likeness (QED) is 0.755. The number of aliphatic imine (C=N–C) groups is 1. The van der Waals surface area contributed by atoms with Crippen LogP contribution in [0.2, 0.25) is 0 Å². The number of benzene rings is 1. The summed E-state index contributed by atoms with van der Waals surface area (Å²) in [6.07, 6.45) is 7.03. The van der Waals surface area contributed by atoms with Gasteiger partial charge in [-0.3, -0.25) is 9.69 Å². The van der Waals surface area contributed by atoms with E-state index in [0.717, 1.165) is 29.9 Å². The van der Waals surface area contributed by atoms with Crippen LogP contribution in [0.1, 0.15) is 24.1 Å². The Bertz CT molecular complexity index is 978. The number of hydrogen-bond acceptors (Lipinski definition) is 6. The summed E-state index contributed by atoms with van der Waals surface area (Å²) in [6.45, 7) is 4.28. The van der Waals surface area contributed by atoms with Crippen LogP contribution in [0, 0.1) is 6.92 Å². The molecule has 1 fully saturated rings. The highest BCUT2D eigenvalue weighted by atomic mass is 16.5. The summed E-state index contributed by atoms with van der Waals surface area (Å²) in [5, 5.41) is 9.12. The number of imidazole rings is 1. The Morgan fingerprint density at radius 1 is 1.31 bits per heavy atom. The number of nitrogens with zero attached hydrogens (tertiary/aromatic N) is 5. The topological polar surface area (TPSA) is 83.2 Å². The van der Waals surface area contributed by atoms with Crippen LogP contribution in [-0.4, -0.2) is 69.7 Å². The monoisotopic (exact) mass is 395 g/mol. The fourth-order valence-corrected chi connectivity index (χ4v) is 3.68. The molecule has 152 valence electrons. The van der Waals surface area contributed by atoms with E-state index in [4.69, 9.17) is 9.84 Å². The average molecular weight is 395 g/mol. The number of amides is 1. The van der Waals surface area contributed by atoms with Crippen molar-refractivity contribution in [2.45, 2.75) is 19.8 Å². The molecule has 0 atom stereocenters. The van der Waals surface area contributed by atoms with Gasteiger partial charge in [0.1, 0.15) is 11.4 Å². The van der Waals surface area contributed by atoms with Gasteiger partial charge in [-0.25, -0.2) is 9.98 Å². The van der Waals surface area contributed by atoms with E-state index < -0.39 is 0 Å². The molecule has 1 saturated heterocycles. The molecule has 1 aromatic carbocycles. The molecule has 2 aliphatic heterocycles. The van der Waals surface area contributed by atoms with Crippen LogP contribution < -0.4 is 4.74 Å². The fraction of sp³-hybridized carbons (Fsp3) is 0.381. The summed E-state index contributed by atoms with van der Waals surface area (Å²) in [5.74, 6) is 1.30. The first-order valence-corrected chi connectivity index (χ1v) is 9.78. The number of aliphatic hydroxyl groups excluding tert-OH is 1. The predicted octanol–water partition coefficient (Wildman–Crippen LogP) is 1.82. The van der Waals surface area contributed by atoms with E-state index in [2.05, 4.69) is 14.9 Å². The minimum Gasteiger partial charge on any atom is -0.495 e. The first-order chi connectivity index (χ1) is 14.1. The Balaban J connectivity index is 1.63. The third-order valence-electron chi connectivity index (χ3n) is 5.10. The molecule has 2 aliphatic rings. The summed E-state index contributed by atoms with van der Waals surface area (Å²) in [4.78, 5) is 25.5. The maximum atomic E-state index is 12.8. The van der Waals surface area contributed by atoms with Crippen molar-refractivity contribution in [1.82, 2.24) is 19.4 Å². The molecule has 0 aliphatic carbocycles. The molecule has 1 aromatic heterocycles. The van der Waals surface area contributed by atoms with E-state index in [1.54, 1.807) is 24.4 Å². The van der Waals surface area contributed by atoms with E-state index in [0.29, 0.717) is 36.9 Å². The molecule has 0 radical (unpaired) electrons. The smallest absolute Gasteiger partial charge is 0.279 e. The summed E-state index contributed by atoms with van der Waals surface area (Å²) in [6, 6.07) is 5.78. The van der Waals surface area contributed by atoms with Crippen molar-refractivity contribution in [3.05, 3.63) is 47.7 Å². The number of aryl methyl sites for hydroxylation is 1. The number of carbonyl (C=O) groups excluding carboxylic acids is 1. The SMILES string of the molecule is COc1cc(/C=C2\N=C3N(CCCO)CCCN3C2=O)ccc1-n1cnc(C)c1. The van der Waals surface area contributed by atoms with Gasteiger partial charge in [0.25, 0.3) is 5.91 Å². The number of methoxy groups -OCH3 is 1. The lowest BCUT2D eigenvalue weighted by Gasteiger charge is -2.34. The van der Waals surface area contributed by atoms with Crippen LogP contribution in [0.3, 0.4) is 0 Å². The number of aromatic nitrogens is 2. The molecule has 1 amide bonds. The minimum absolute atomic E-state index is 0.0815. The van der Waals surface area contributed by atoms with Crippen LogP contribution in [-0.2, 0) is 4.79 Å². The number of rotatable bonds is 6. The van der Waals surface area contributed by atoms with Crippen molar-refractivity contribution >= 4 is 17.9 Å². The lowest BCUT2D eigenvalue weighted by molar-refractivity contribution is -0.123. The van der Waals surface area contributed by atoms with Crippen LogP contribution in [0.4, 0.5) is 0 Å². The summed E-state index contributed by atoms with van der Waals surface area (Å²) < 4.78 is 7.46. The van der Waals surface area contributed by atoms with Gasteiger partial charge >= 0.3 is 0 Å². The molecular weight excluding hydrogens is 370 g/mol. The second-order valence-corrected chi connectivity index (χ2v) is 7.17. The lowest BCUT2D eigenvalue weighted by atomic mass is 10.1. The van der Waals surface area contributed by atoms with E-state index in [-0.39, 0.29) is 12.5 Å². The lowest BCUT2D eigenvalue weighted by Crippen LogP contribution is -2.50. The van der Waals surface area contributed by atoms with Crippen molar-refractivity contribution in [3.8, 4) is 11.4 Å². The van der Waals surface area contributed by atoms with Crippen molar-refractivity contribution in [1.29, 1.82) is 0 Å². The van der Waals surface area contributed by atoms with Gasteiger partial charge in [0.05, 0.1) is 24.8 Å². The standard InChI is InChI=1S/C21H25N5O3/c1-15-13-25(14-22-15)18-6-5-16(12-19(18)29-2)11-17-20(28)26-9-3-7-24(8-4-10-27)21(26)23-17/h5-6,11-14,27H,3-4,7-10H2,1-2H3/b17-11-. The molecule has 4 rings (SSSR count). The number of guanidine groups is 1. The number of fused-ring (bicyclic) bond motifs is 1. The van der Waals surface area contributed by atoms with Gasteiger partial charge in [-0.2, -0.15) is 0 Å². The van der Waals surface area contributed by atoms with Crippen LogP contribution in [0.25, 0.3) is 11.8 Å². The molecule has 29 heavy (non-hydrogen) atoms. The molecule has 0 saturated carbocycles. The Hall–Kier alpha value is -3.13. The maximum Gasteiger partial charge on any atom is 0.279 e. The van der Waals surface area contributed by atoms with Crippen molar-refractivity contribution in [2.24, 2.45) is 4.99 Å². The van der Waals surface area contributed by atoms with Gasteiger partial charge < -0.3 is 19.3 Å². The van der Waals surface area contributed by atoms with E-state index in [9.17, 15) is 4.79 Å². The van der Waals surface area contributed by atoms with Gasteiger partial charge in [-0.05, 0) is 43.5 Å². The summed E-state index contributed by atoms with van der Waals surface area (Å²) >= 11 is 0. The van der Waals surface area contributed by atoms with Gasteiger partial charge in [0.15, 0.2) is 0 Å². The second kappa shape index (κ2) is 8.08. The molecule has 8 nitrogen and oxygen atoms in total. The van der Waals surface area contributed by atoms with Crippen LogP contribution in [0.5, 0.6) is 5.75 Å². The largest absolute Gasteiger partial charge is 0.495 e. The molecule has 0 spiro atoms. The van der Waals surface area contributed by atoms with Gasteiger partial charge in [-0.1, -0.05) is 6.07 Å². The summed E-state index contributed by atoms with van der Waals surface area (Å²) in [5.41, 5.74) is 3.07. The molecule has 1 N–H and O–H groups in total. The highest BCUT2D eigenvalue weighted by Gasteiger charge is 2.35. The molecule has 2 aromatic rings. The zero-order valence-electron chi connectivity index (χ0n) is 16.7. The number of carbonyl (C=O) groups is 1. The Morgan fingerprint density at radius 3 is 2.90 bits per heavy atom. The number of hydrogen-bond donors (Lipinski definition) is 1. The van der Waals surface area contributed by atoms with Gasteiger partial charge in [0.2, 0.25) is 5.96 Å². The molecule has 3 heterocycles. The predicted molar refractivity (Wildman–Crippen MR) is 110 cm³/mol. The zero-order chi connectivity index (χ0) is 20.4. The van der Waals surface area contributed by atoms with Crippen molar-refractivity contribution in [2.75, 3.05) is 33.4 Å². The second-order valence-electron chi connectivity index (χ2n) is 7.17. The molecule has 0 bridgehead atoms. The van der Waals surface area contributed by atoms with E-state index in [1.165, 1.54) is 0 Å². The Morgan fingerprint density at radius 2 is 2.17 bits per heavy atom. The van der Waals surface area contributed by atoms with Gasteiger partial charge in [0, 0.05) is 32.4 Å². The van der Waals surface area contributed by atoms with Crippen molar-refractivity contribution < 1.29 is 14.6 Å². The third-order valence-corrected chi connectivity index (χ3v) is 5.10. The fourth-order valence-electron chi connectivity index (χ4n) is 3.68. The van der Waals surface area contributed by atoms with Crippen molar-refractivity contribution in [3.63, 3.8) is 0 Å². The number of aliphatic hydroxyl groups is 1. The van der Waals surface area contributed by atoms with E-state index >= 15 is 0 Å². The first-order valence-electron chi connectivity index (χ1n) is 9.78. The van der Waals surface area contributed by atoms with Crippen LogP contribution >= 0.6 is 0 Å². The molecule has 8 heteroatoms. The highest BCUT2D eigenvalue weighted by Crippen LogP contribution is 2.28. The molecule has 0 unspecified atom stereocenters. The first kappa shape index (κ1) is 19.2. The maximum absolute atomic E-state index is 12.8. The third kappa shape index (κ3) is 3.75. The normalized spacial score (nSPS) is 17.7. The number of ether oxygens (including phenoxy) is 1. The minimum atomic E-state index is -0.0815. The Kier molecular flexibility index (Phi) is 5.35. The van der Waals surface area contributed by atoms with Gasteiger partial charge in [-0.15, -0.1) is 0 Å². The molecular formula is C21H25N5O3. The summed E-state index contributed by atoms with van der Waals surface area (Å²) in [7, 11) is 1.62. The van der Waals surface area contributed by atoms with Crippen LogP contribution in [0.15, 0.2) is 41.4 Å². The average Bonchev–Trinajstić information content (AvgIpc) is 3.30. The van der Waals surface area contributed by atoms with E-state index in [1.807, 2.05) is 35.9 Å². The Labute approximate surface area is 169 Å².